The Kier molecular flexibility index (Phi) is 6.19. The maximum atomic E-state index is 13.8. The molecule has 0 bridgehead atoms. The molecule has 7 nitrogen and oxygen atoms in total. The second-order valence-electron chi connectivity index (χ2n) is 8.04. The molecule has 9 heteroatoms. The predicted octanol–water partition coefficient (Wildman–Crippen LogP) is 3.97. The van der Waals surface area contributed by atoms with Gasteiger partial charge in [-0.05, 0) is 48.6 Å². The fraction of sp³-hybridized carbons (Fsp3) is 0.429. The molecule has 3 aromatic rings. The summed E-state index contributed by atoms with van der Waals surface area (Å²) in [6, 6.07) is 5.49. The van der Waals surface area contributed by atoms with E-state index in [9.17, 15) is 9.00 Å². The van der Waals surface area contributed by atoms with Gasteiger partial charge in [0.1, 0.15) is 12.0 Å². The van der Waals surface area contributed by atoms with Crippen molar-refractivity contribution in [2.75, 3.05) is 17.3 Å². The van der Waals surface area contributed by atoms with Crippen molar-refractivity contribution in [1.29, 1.82) is 0 Å². The lowest BCUT2D eigenvalue weighted by molar-refractivity contribution is -0.115. The number of nitrogens with zero attached hydrogens (tertiary/aromatic N) is 5. The van der Waals surface area contributed by atoms with Crippen molar-refractivity contribution in [3.8, 4) is 5.69 Å². The van der Waals surface area contributed by atoms with Gasteiger partial charge in [0, 0.05) is 22.2 Å². The third-order valence-corrected chi connectivity index (χ3v) is 8.51. The highest BCUT2D eigenvalue weighted by Crippen LogP contribution is 2.34. The van der Waals surface area contributed by atoms with Gasteiger partial charge in [0.25, 0.3) is 5.91 Å². The minimum absolute atomic E-state index is 0.272. The van der Waals surface area contributed by atoms with E-state index in [0.29, 0.717) is 22.5 Å². The van der Waals surface area contributed by atoms with Crippen molar-refractivity contribution < 1.29 is 9.00 Å². The van der Waals surface area contributed by atoms with Gasteiger partial charge in [-0.15, -0.1) is 0 Å². The van der Waals surface area contributed by atoms with Gasteiger partial charge < -0.3 is 0 Å². The summed E-state index contributed by atoms with van der Waals surface area (Å²) in [5, 5.41) is 5.38. The predicted molar refractivity (Wildman–Crippen MR) is 120 cm³/mol. The maximum Gasteiger partial charge on any atom is 0.264 e. The van der Waals surface area contributed by atoms with Gasteiger partial charge in [-0.2, -0.15) is 21.2 Å². The van der Waals surface area contributed by atoms with Crippen LogP contribution in [0.1, 0.15) is 26.7 Å². The van der Waals surface area contributed by atoms with Gasteiger partial charge in [-0.25, -0.2) is 18.9 Å². The van der Waals surface area contributed by atoms with Crippen molar-refractivity contribution in [2.45, 2.75) is 31.6 Å². The number of rotatable bonds is 8. The summed E-state index contributed by atoms with van der Waals surface area (Å²) in [6.45, 7) is 4.23. The Hall–Kier alpha value is -2.26. The van der Waals surface area contributed by atoms with Crippen molar-refractivity contribution >= 4 is 38.3 Å². The van der Waals surface area contributed by atoms with E-state index < -0.39 is 9.73 Å². The van der Waals surface area contributed by atoms with E-state index in [2.05, 4.69) is 33.3 Å². The molecule has 1 unspecified atom stereocenters. The van der Waals surface area contributed by atoms with Crippen LogP contribution in [0.25, 0.3) is 16.6 Å². The normalized spacial score (nSPS) is 16.0. The molecule has 4 rings (SSSR count). The van der Waals surface area contributed by atoms with Crippen LogP contribution in [-0.4, -0.2) is 47.1 Å². The highest BCUT2D eigenvalue weighted by Gasteiger charge is 2.29. The van der Waals surface area contributed by atoms with E-state index in [-0.39, 0.29) is 11.7 Å². The monoisotopic (exact) mass is 443 g/mol. The molecule has 1 atom stereocenters. The molecule has 2 heterocycles. The number of thioether (sulfide) groups is 1. The first-order valence-electron chi connectivity index (χ1n) is 10.0. The zero-order valence-corrected chi connectivity index (χ0v) is 18.7. The van der Waals surface area contributed by atoms with Crippen LogP contribution >= 0.6 is 11.8 Å². The third-order valence-electron chi connectivity index (χ3n) is 4.74. The first-order valence-corrected chi connectivity index (χ1v) is 12.9. The van der Waals surface area contributed by atoms with Crippen LogP contribution in [-0.2, 0) is 14.5 Å². The second-order valence-corrected chi connectivity index (χ2v) is 11.3. The second kappa shape index (κ2) is 8.85. The average Bonchev–Trinajstić information content (AvgIpc) is 3.41. The van der Waals surface area contributed by atoms with E-state index in [1.807, 2.05) is 18.3 Å². The molecule has 1 saturated carbocycles. The summed E-state index contributed by atoms with van der Waals surface area (Å²) in [6.07, 6.45) is 8.79. The molecule has 1 aromatic carbocycles. The number of benzene rings is 1. The van der Waals surface area contributed by atoms with Crippen LogP contribution < -0.4 is 0 Å². The van der Waals surface area contributed by atoms with Gasteiger partial charge in [0.2, 0.25) is 0 Å². The Morgan fingerprint density at radius 2 is 2.07 bits per heavy atom. The Morgan fingerprint density at radius 1 is 1.30 bits per heavy atom. The molecular weight excluding hydrogens is 418 g/mol. The van der Waals surface area contributed by atoms with Crippen LogP contribution in [0.3, 0.4) is 0 Å². The summed E-state index contributed by atoms with van der Waals surface area (Å²) in [7, 11) is -2.80. The van der Waals surface area contributed by atoms with Crippen molar-refractivity contribution in [3.05, 3.63) is 43.1 Å². The number of carbonyl (C=O) groups is 1. The Bertz CT molecular complexity index is 1160. The molecule has 0 aliphatic heterocycles. The van der Waals surface area contributed by atoms with Crippen molar-refractivity contribution in [2.24, 2.45) is 16.2 Å². The fourth-order valence-electron chi connectivity index (χ4n) is 3.11. The van der Waals surface area contributed by atoms with Gasteiger partial charge in [0.15, 0.2) is 0 Å². The zero-order chi connectivity index (χ0) is 21.1. The molecule has 0 radical (unpaired) electrons. The van der Waals surface area contributed by atoms with E-state index >= 15 is 0 Å². The molecule has 1 amide bonds. The molecule has 0 spiro atoms. The van der Waals surface area contributed by atoms with Crippen molar-refractivity contribution in [1.82, 2.24) is 19.7 Å². The van der Waals surface area contributed by atoms with Gasteiger partial charge in [-0.3, -0.25) is 4.79 Å². The zero-order valence-electron chi connectivity index (χ0n) is 17.1. The SMILES string of the molecule is CC(C)CSCC(=O)N=S(=O)(CC1CC1)c1ccc2nn(-c3cncnc3)cc2c1. The summed E-state index contributed by atoms with van der Waals surface area (Å²) in [5.74, 6) is 2.21. The average molecular weight is 444 g/mol. The topological polar surface area (TPSA) is 90.1 Å². The van der Waals surface area contributed by atoms with Crippen molar-refractivity contribution in [3.63, 3.8) is 0 Å². The van der Waals surface area contributed by atoms with E-state index in [4.69, 9.17) is 0 Å². The molecule has 158 valence electrons. The smallest absolute Gasteiger partial charge is 0.264 e. The van der Waals surface area contributed by atoms with E-state index in [1.54, 1.807) is 34.9 Å². The number of hydrogen-bond donors (Lipinski definition) is 0. The molecule has 1 aliphatic rings. The Balaban J connectivity index is 1.65. The number of hydrogen-bond acceptors (Lipinski definition) is 6. The van der Waals surface area contributed by atoms with Gasteiger partial charge >= 0.3 is 0 Å². The minimum atomic E-state index is -2.80. The van der Waals surface area contributed by atoms with Crippen LogP contribution in [0.5, 0.6) is 0 Å². The van der Waals surface area contributed by atoms with Crippen LogP contribution in [0.2, 0.25) is 0 Å². The molecule has 0 saturated heterocycles. The van der Waals surface area contributed by atoms with Crippen LogP contribution in [0.15, 0.2) is 52.4 Å². The minimum Gasteiger partial charge on any atom is -0.271 e. The lowest BCUT2D eigenvalue weighted by atomic mass is 10.3. The lowest BCUT2D eigenvalue weighted by Crippen LogP contribution is -2.13. The quantitative estimate of drug-likeness (QED) is 0.523. The Morgan fingerprint density at radius 3 is 2.77 bits per heavy atom. The van der Waals surface area contributed by atoms with E-state index in [0.717, 1.165) is 35.2 Å². The third kappa shape index (κ3) is 5.07. The van der Waals surface area contributed by atoms with E-state index in [1.165, 1.54) is 6.33 Å². The molecule has 1 fully saturated rings. The molecule has 0 N–H and O–H groups in total. The van der Waals surface area contributed by atoms with Gasteiger partial charge in [0.05, 0.1) is 33.4 Å². The maximum absolute atomic E-state index is 13.8. The molecule has 1 aliphatic carbocycles. The standard InChI is InChI=1S/C21H25N5O2S2/c1-15(2)11-29-12-21(27)25-30(28,13-16-3-4-16)19-5-6-20-17(7-19)10-26(24-20)18-8-22-14-23-9-18/h5-10,14-16H,3-4,11-13H2,1-2H3. The largest absolute Gasteiger partial charge is 0.271 e. The molecule has 2 aromatic heterocycles. The fourth-order valence-corrected chi connectivity index (χ4v) is 6.35. The number of amides is 1. The lowest BCUT2D eigenvalue weighted by Gasteiger charge is -2.10. The van der Waals surface area contributed by atoms with Gasteiger partial charge in [-0.1, -0.05) is 13.8 Å². The summed E-state index contributed by atoms with van der Waals surface area (Å²) < 4.78 is 19.8. The number of carbonyl (C=O) groups excluding carboxylic acids is 1. The Labute approximate surface area is 180 Å². The first kappa shape index (κ1) is 21.0. The molecule has 30 heavy (non-hydrogen) atoms. The highest BCUT2D eigenvalue weighted by molar-refractivity contribution is 8.00. The number of aromatic nitrogens is 4. The molecular formula is C21H25N5O2S2. The van der Waals surface area contributed by atoms with Crippen LogP contribution in [0, 0.1) is 11.8 Å². The summed E-state index contributed by atoms with van der Waals surface area (Å²) in [4.78, 5) is 21.1. The highest BCUT2D eigenvalue weighted by atomic mass is 32.2. The summed E-state index contributed by atoms with van der Waals surface area (Å²) in [5.41, 5.74) is 1.52. The first-order chi connectivity index (χ1) is 14.4. The van der Waals surface area contributed by atoms with Crippen LogP contribution in [0.4, 0.5) is 0 Å². The summed E-state index contributed by atoms with van der Waals surface area (Å²) >= 11 is 1.55. The number of fused-ring (bicyclic) bond motifs is 1.